The lowest BCUT2D eigenvalue weighted by Gasteiger charge is -2.31. The number of carbonyl (C=O) groups excluding carboxylic acids is 2. The smallest absolute Gasteiger partial charge is 0.325 e. The number of aliphatic carboxylic acids is 1. The van der Waals surface area contributed by atoms with E-state index >= 15 is 0 Å². The highest BCUT2D eigenvalue weighted by Crippen LogP contribution is 2.26. The zero-order chi connectivity index (χ0) is 30.0. The number of benzene rings is 2. The average Bonchev–Trinajstić information content (AvgIpc) is 3.28. The van der Waals surface area contributed by atoms with Gasteiger partial charge in [-0.25, -0.2) is 8.96 Å². The van der Waals surface area contributed by atoms with Crippen molar-refractivity contribution in [3.05, 3.63) is 71.2 Å². The van der Waals surface area contributed by atoms with Gasteiger partial charge in [-0.1, -0.05) is 16.6 Å². The molecule has 12 nitrogen and oxygen atoms in total. The maximum Gasteiger partial charge on any atom is 0.325 e. The van der Waals surface area contributed by atoms with Crippen molar-refractivity contribution in [2.45, 2.75) is 45.0 Å². The van der Waals surface area contributed by atoms with Crippen LogP contribution in [-0.4, -0.2) is 61.3 Å². The second kappa shape index (κ2) is 12.2. The van der Waals surface area contributed by atoms with Gasteiger partial charge in [0.1, 0.15) is 35.6 Å². The molecule has 1 fully saturated rings. The Kier molecular flexibility index (Phi) is 8.43. The molecule has 218 valence electrons. The number of aliphatic hydroxyl groups excluding tert-OH is 1. The Morgan fingerprint density at radius 2 is 1.98 bits per heavy atom. The summed E-state index contributed by atoms with van der Waals surface area (Å²) in [7, 11) is 0. The summed E-state index contributed by atoms with van der Waals surface area (Å²) >= 11 is 6.18. The van der Waals surface area contributed by atoms with Crippen LogP contribution in [0.5, 0.6) is 0 Å². The van der Waals surface area contributed by atoms with Crippen molar-refractivity contribution >= 4 is 51.5 Å². The molecule has 14 heteroatoms. The van der Waals surface area contributed by atoms with Crippen LogP contribution in [0.3, 0.4) is 0 Å². The second-order valence-electron chi connectivity index (χ2n) is 10.1. The van der Waals surface area contributed by atoms with Gasteiger partial charge in [-0.2, -0.15) is 5.10 Å². The largest absolute Gasteiger partial charge is 0.480 e. The summed E-state index contributed by atoms with van der Waals surface area (Å²) in [6.45, 7) is 0.961. The number of hydrogen-bond acceptors (Lipinski definition) is 8. The van der Waals surface area contributed by atoms with Crippen LogP contribution in [0.25, 0.3) is 16.6 Å². The van der Waals surface area contributed by atoms with E-state index in [1.807, 2.05) is 0 Å². The minimum atomic E-state index is -1.08. The van der Waals surface area contributed by atoms with Crippen LogP contribution in [0.2, 0.25) is 5.02 Å². The number of nitrogens with zero attached hydrogens (tertiary/aromatic N) is 4. The Balaban J connectivity index is 1.32. The number of amides is 1. The van der Waals surface area contributed by atoms with Gasteiger partial charge in [0, 0.05) is 42.2 Å². The number of nitrogens with one attached hydrogen (secondary N) is 3. The van der Waals surface area contributed by atoms with Crippen molar-refractivity contribution in [2.24, 2.45) is 0 Å². The molecule has 2 aromatic heterocycles. The first-order chi connectivity index (χ1) is 20.1. The zero-order valence-electron chi connectivity index (χ0n) is 22.5. The molecule has 4 aromatic rings. The van der Waals surface area contributed by atoms with Crippen molar-refractivity contribution < 1.29 is 33.6 Å². The highest BCUT2D eigenvalue weighted by atomic mass is 35.5. The third-order valence-electron chi connectivity index (χ3n) is 6.87. The minimum absolute atomic E-state index is 0.0544. The Morgan fingerprint density at radius 3 is 2.69 bits per heavy atom. The van der Waals surface area contributed by atoms with Gasteiger partial charge in [0.2, 0.25) is 5.91 Å². The fourth-order valence-electron chi connectivity index (χ4n) is 4.70. The molecule has 0 bridgehead atoms. The number of ketones is 1. The third-order valence-corrected chi connectivity index (χ3v) is 7.14. The lowest BCUT2D eigenvalue weighted by atomic mass is 9.89. The Bertz CT molecular complexity index is 1690. The zero-order valence-corrected chi connectivity index (χ0v) is 23.2. The maximum absolute atomic E-state index is 14.8. The van der Waals surface area contributed by atoms with Crippen LogP contribution in [-0.2, 0) is 22.7 Å². The minimum Gasteiger partial charge on any atom is -0.480 e. The monoisotopic (exact) mass is 596 g/mol. The molecule has 42 heavy (non-hydrogen) atoms. The molecule has 1 saturated carbocycles. The van der Waals surface area contributed by atoms with E-state index in [1.54, 1.807) is 41.2 Å². The van der Waals surface area contributed by atoms with E-state index in [4.69, 9.17) is 11.6 Å². The quantitative estimate of drug-likeness (QED) is 0.129. The van der Waals surface area contributed by atoms with E-state index in [0.717, 1.165) is 0 Å². The molecule has 1 aliphatic carbocycles. The van der Waals surface area contributed by atoms with Crippen molar-refractivity contribution in [1.29, 1.82) is 0 Å². The topological polar surface area (TPSA) is 162 Å². The normalized spacial score (nSPS) is 16.2. The van der Waals surface area contributed by atoms with Crippen molar-refractivity contribution in [2.75, 3.05) is 11.9 Å². The first kappa shape index (κ1) is 29.0. The summed E-state index contributed by atoms with van der Waals surface area (Å²) in [6.07, 6.45) is 5.67. The lowest BCUT2D eigenvalue weighted by Crippen LogP contribution is -2.47. The van der Waals surface area contributed by atoms with Gasteiger partial charge >= 0.3 is 5.97 Å². The molecule has 1 amide bonds. The van der Waals surface area contributed by atoms with Gasteiger partial charge in [-0.15, -0.1) is 0 Å². The van der Waals surface area contributed by atoms with E-state index in [0.29, 0.717) is 40.8 Å². The van der Waals surface area contributed by atoms with Gasteiger partial charge in [-0.05, 0) is 37.1 Å². The molecule has 2 heterocycles. The Labute approximate surface area is 244 Å². The first-order valence-electron chi connectivity index (χ1n) is 13.1. The summed E-state index contributed by atoms with van der Waals surface area (Å²) in [4.78, 5) is 39.9. The molecule has 0 spiro atoms. The fourth-order valence-corrected chi connectivity index (χ4v) is 4.93. The predicted octanol–water partition coefficient (Wildman–Crippen LogP) is 2.26. The molecule has 1 aliphatic rings. The molecule has 5 N–H and O–H groups in total. The summed E-state index contributed by atoms with van der Waals surface area (Å²) in [6, 6.07) is 8.20. The van der Waals surface area contributed by atoms with Crippen LogP contribution < -0.4 is 20.5 Å². The summed E-state index contributed by atoms with van der Waals surface area (Å²) < 4.78 is 17.7. The molecule has 2 aromatic carbocycles. The molecule has 0 saturated heterocycles. The van der Waals surface area contributed by atoms with Crippen LogP contribution in [0.1, 0.15) is 35.8 Å². The van der Waals surface area contributed by atoms with Gasteiger partial charge in [-0.3, -0.25) is 19.1 Å². The van der Waals surface area contributed by atoms with E-state index in [9.17, 15) is 29.0 Å². The van der Waals surface area contributed by atoms with Crippen LogP contribution in [0.15, 0.2) is 49.1 Å². The van der Waals surface area contributed by atoms with Crippen LogP contribution in [0, 0.1) is 5.82 Å². The number of aromatic nitrogens is 4. The van der Waals surface area contributed by atoms with Gasteiger partial charge in [0.05, 0.1) is 23.2 Å². The van der Waals surface area contributed by atoms with Crippen molar-refractivity contribution in [3.63, 3.8) is 0 Å². The molecular formula is C28H28ClFN7O5+. The third kappa shape index (κ3) is 6.54. The highest BCUT2D eigenvalue weighted by molar-refractivity contribution is 6.31. The summed E-state index contributed by atoms with van der Waals surface area (Å²) in [5, 5.41) is 32.0. The lowest BCUT2D eigenvalue weighted by molar-refractivity contribution is -0.598. The number of anilines is 2. The predicted molar refractivity (Wildman–Crippen MR) is 150 cm³/mol. The number of carbonyl (C=O) groups is 3. The SMILES string of the molecule is CC(=O)c1nn(CC(=O)O)c2ccc(Nc3cnc[n+](-c4cc(Cl)c(F)c(CNC(=O)CNC5CC(O)C5)c4)c3)cc12. The van der Waals surface area contributed by atoms with Crippen LogP contribution >= 0.6 is 11.6 Å². The van der Waals surface area contributed by atoms with E-state index < -0.39 is 11.8 Å². The number of carboxylic acid groups (broad SMARTS) is 1. The molecule has 0 atom stereocenters. The van der Waals surface area contributed by atoms with E-state index in [1.165, 1.54) is 24.0 Å². The highest BCUT2D eigenvalue weighted by Gasteiger charge is 2.27. The number of fused-ring (bicyclic) bond motifs is 1. The summed E-state index contributed by atoms with van der Waals surface area (Å²) in [5.74, 6) is -2.33. The molecule has 0 unspecified atom stereocenters. The fraction of sp³-hybridized carbons (Fsp3) is 0.286. The van der Waals surface area contributed by atoms with Gasteiger partial charge in [0.15, 0.2) is 12.0 Å². The number of rotatable bonds is 11. The maximum atomic E-state index is 14.8. The second-order valence-corrected chi connectivity index (χ2v) is 10.5. The number of carboxylic acids is 1. The van der Waals surface area contributed by atoms with E-state index in [2.05, 4.69) is 26.0 Å². The molecular weight excluding hydrogens is 569 g/mol. The average molecular weight is 597 g/mol. The summed E-state index contributed by atoms with van der Waals surface area (Å²) in [5.41, 5.74) is 2.53. The number of hydrogen-bond donors (Lipinski definition) is 5. The van der Waals surface area contributed by atoms with E-state index in [-0.39, 0.29) is 59.8 Å². The Hall–Kier alpha value is -4.46. The number of Topliss-reactive ketones (excluding diaryl/α,β-unsaturated/α-hetero) is 1. The van der Waals surface area contributed by atoms with Gasteiger partial charge < -0.3 is 26.2 Å². The number of aliphatic hydroxyl groups is 1. The molecule has 0 radical (unpaired) electrons. The molecule has 0 aliphatic heterocycles. The number of halogens is 2. The molecule has 5 rings (SSSR count). The van der Waals surface area contributed by atoms with Gasteiger partial charge in [0.25, 0.3) is 6.33 Å². The van der Waals surface area contributed by atoms with Crippen molar-refractivity contribution in [3.8, 4) is 5.69 Å². The van der Waals surface area contributed by atoms with Crippen molar-refractivity contribution in [1.82, 2.24) is 25.4 Å². The first-order valence-corrected chi connectivity index (χ1v) is 13.5. The standard InChI is InChI=1S/C28H27ClFN7O5/c1-15(38)28-22-7-17(2-3-24(22)37(35-28)13-26(41)42)34-19-10-31-14-36(12-19)20-4-16(27(30)23(29)8-20)9-33-25(40)11-32-18-5-21(39)6-18/h2-4,7-8,10,12,14,18,21,32,34,39H,5-6,9,11,13H2,1H3,(H-,33,40,41,42)/p+1. The van der Waals surface area contributed by atoms with Crippen LogP contribution in [0.4, 0.5) is 15.8 Å². The Morgan fingerprint density at radius 1 is 1.19 bits per heavy atom.